The van der Waals surface area contributed by atoms with Crippen LogP contribution in [0.25, 0.3) is 11.3 Å². The number of benzene rings is 1. The van der Waals surface area contributed by atoms with Gasteiger partial charge in [-0.1, -0.05) is 17.3 Å². The number of methoxy groups -OCH3 is 1. The van der Waals surface area contributed by atoms with Crippen LogP contribution in [0.2, 0.25) is 0 Å². The van der Waals surface area contributed by atoms with Crippen LogP contribution in [0.3, 0.4) is 0 Å². The van der Waals surface area contributed by atoms with Gasteiger partial charge in [-0.3, -0.25) is 0 Å². The second-order valence-electron chi connectivity index (χ2n) is 5.10. The zero-order chi connectivity index (χ0) is 15.5. The molecule has 0 N–H and O–H groups in total. The Morgan fingerprint density at radius 1 is 1.09 bits per heavy atom. The van der Waals surface area contributed by atoms with Crippen LogP contribution in [0.5, 0.6) is 5.75 Å². The van der Waals surface area contributed by atoms with Crippen molar-refractivity contribution in [2.24, 2.45) is 0 Å². The van der Waals surface area contributed by atoms with Crippen LogP contribution >= 0.6 is 0 Å². The quantitative estimate of drug-likeness (QED) is 0.739. The van der Waals surface area contributed by atoms with Crippen LogP contribution in [-0.4, -0.2) is 32.3 Å². The fourth-order valence-corrected chi connectivity index (χ4v) is 2.29. The average molecular weight is 295 g/mol. The van der Waals surface area contributed by atoms with E-state index in [1.807, 2.05) is 50.4 Å². The zero-order valence-electron chi connectivity index (χ0n) is 12.8. The molecular formula is C16H17N5O. The number of rotatable bonds is 4. The highest BCUT2D eigenvalue weighted by atomic mass is 16.5. The molecule has 1 aromatic carbocycles. The number of para-hydroxylation sites is 1. The van der Waals surface area contributed by atoms with Crippen molar-refractivity contribution < 1.29 is 4.74 Å². The first-order valence-corrected chi connectivity index (χ1v) is 7.00. The van der Waals surface area contributed by atoms with Gasteiger partial charge in [-0.2, -0.15) is 10.2 Å². The number of nitrogens with zero attached hydrogens (tertiary/aromatic N) is 5. The van der Waals surface area contributed by atoms with Gasteiger partial charge in [0, 0.05) is 5.56 Å². The maximum absolute atomic E-state index is 5.37. The standard InChI is InChI=1S/C16H17N5O/c1-11-8-13(12(2)18-17-11)9-21-10-15(19-20-21)14-6-4-5-7-16(14)22-3/h4-8,10H,9H2,1-3H3. The number of aryl methyl sites for hydroxylation is 2. The van der Waals surface area contributed by atoms with E-state index in [1.54, 1.807) is 11.8 Å². The molecule has 0 fully saturated rings. The maximum atomic E-state index is 5.37. The number of aromatic nitrogens is 5. The van der Waals surface area contributed by atoms with Gasteiger partial charge in [0.15, 0.2) is 0 Å². The Bertz CT molecular complexity index is 797. The van der Waals surface area contributed by atoms with E-state index < -0.39 is 0 Å². The molecule has 0 aliphatic heterocycles. The molecule has 0 saturated heterocycles. The summed E-state index contributed by atoms with van der Waals surface area (Å²) in [5.74, 6) is 0.784. The van der Waals surface area contributed by atoms with E-state index in [2.05, 4.69) is 20.5 Å². The minimum atomic E-state index is 0.615. The average Bonchev–Trinajstić information content (AvgIpc) is 2.99. The van der Waals surface area contributed by atoms with Crippen molar-refractivity contribution in [2.45, 2.75) is 20.4 Å². The molecular weight excluding hydrogens is 278 g/mol. The molecule has 6 heteroatoms. The van der Waals surface area contributed by atoms with E-state index in [9.17, 15) is 0 Å². The van der Waals surface area contributed by atoms with Crippen LogP contribution in [0.4, 0.5) is 0 Å². The van der Waals surface area contributed by atoms with Gasteiger partial charge < -0.3 is 4.74 Å². The first kappa shape index (κ1) is 14.2. The second kappa shape index (κ2) is 5.93. The van der Waals surface area contributed by atoms with Crippen LogP contribution in [0, 0.1) is 13.8 Å². The fraction of sp³-hybridized carbons (Fsp3) is 0.250. The molecule has 112 valence electrons. The Kier molecular flexibility index (Phi) is 3.82. The summed E-state index contributed by atoms with van der Waals surface area (Å²) < 4.78 is 7.16. The molecule has 0 atom stereocenters. The monoisotopic (exact) mass is 295 g/mol. The third-order valence-electron chi connectivity index (χ3n) is 3.46. The van der Waals surface area contributed by atoms with Crippen LogP contribution < -0.4 is 4.74 Å². The molecule has 22 heavy (non-hydrogen) atoms. The lowest BCUT2D eigenvalue weighted by molar-refractivity contribution is 0.416. The van der Waals surface area contributed by atoms with Gasteiger partial charge >= 0.3 is 0 Å². The first-order chi connectivity index (χ1) is 10.7. The van der Waals surface area contributed by atoms with Gasteiger partial charge in [0.25, 0.3) is 0 Å². The van der Waals surface area contributed by atoms with E-state index in [0.29, 0.717) is 6.54 Å². The molecule has 6 nitrogen and oxygen atoms in total. The van der Waals surface area contributed by atoms with E-state index in [0.717, 1.165) is 34.0 Å². The molecule has 0 spiro atoms. The Morgan fingerprint density at radius 2 is 1.91 bits per heavy atom. The van der Waals surface area contributed by atoms with Crippen LogP contribution in [-0.2, 0) is 6.54 Å². The van der Waals surface area contributed by atoms with E-state index in [-0.39, 0.29) is 0 Å². The minimum absolute atomic E-state index is 0.615. The highest BCUT2D eigenvalue weighted by molar-refractivity contribution is 5.66. The third kappa shape index (κ3) is 2.81. The molecule has 0 bridgehead atoms. The molecule has 3 rings (SSSR count). The smallest absolute Gasteiger partial charge is 0.128 e. The molecule has 0 amide bonds. The van der Waals surface area contributed by atoms with Gasteiger partial charge in [-0.15, -0.1) is 5.10 Å². The summed E-state index contributed by atoms with van der Waals surface area (Å²) in [5.41, 5.74) is 4.60. The number of hydrogen-bond donors (Lipinski definition) is 0. The molecule has 0 aliphatic carbocycles. The summed E-state index contributed by atoms with van der Waals surface area (Å²) in [7, 11) is 1.65. The zero-order valence-corrected chi connectivity index (χ0v) is 12.8. The van der Waals surface area contributed by atoms with Crippen molar-refractivity contribution in [2.75, 3.05) is 7.11 Å². The van der Waals surface area contributed by atoms with Crippen molar-refractivity contribution in [3.05, 3.63) is 53.5 Å². The number of ether oxygens (including phenoxy) is 1. The van der Waals surface area contributed by atoms with Crippen LogP contribution in [0.1, 0.15) is 17.0 Å². The first-order valence-electron chi connectivity index (χ1n) is 7.00. The topological polar surface area (TPSA) is 65.7 Å². The van der Waals surface area contributed by atoms with Crippen molar-refractivity contribution in [3.63, 3.8) is 0 Å². The van der Waals surface area contributed by atoms with E-state index in [1.165, 1.54) is 0 Å². The third-order valence-corrected chi connectivity index (χ3v) is 3.46. The summed E-state index contributed by atoms with van der Waals surface area (Å²) in [6, 6.07) is 9.79. The Morgan fingerprint density at radius 3 is 2.73 bits per heavy atom. The largest absolute Gasteiger partial charge is 0.496 e. The van der Waals surface area contributed by atoms with E-state index in [4.69, 9.17) is 4.74 Å². The summed E-state index contributed by atoms with van der Waals surface area (Å²) in [5, 5.41) is 16.6. The lowest BCUT2D eigenvalue weighted by atomic mass is 10.1. The van der Waals surface area contributed by atoms with Gasteiger partial charge in [0.05, 0.1) is 31.2 Å². The summed E-state index contributed by atoms with van der Waals surface area (Å²) in [4.78, 5) is 0. The Labute approximate surface area is 128 Å². The Balaban J connectivity index is 1.89. The van der Waals surface area contributed by atoms with Crippen molar-refractivity contribution in [1.82, 2.24) is 25.2 Å². The predicted molar refractivity (Wildman–Crippen MR) is 82.6 cm³/mol. The maximum Gasteiger partial charge on any atom is 0.128 e. The second-order valence-corrected chi connectivity index (χ2v) is 5.10. The fourth-order valence-electron chi connectivity index (χ4n) is 2.29. The summed E-state index contributed by atoms with van der Waals surface area (Å²) in [6.45, 7) is 4.49. The molecule has 2 aromatic heterocycles. The summed E-state index contributed by atoms with van der Waals surface area (Å²) in [6.07, 6.45) is 1.91. The Hall–Kier alpha value is -2.76. The molecule has 0 aliphatic rings. The SMILES string of the molecule is COc1ccccc1-c1cn(Cc2cc(C)nnc2C)nn1. The van der Waals surface area contributed by atoms with E-state index >= 15 is 0 Å². The molecule has 0 saturated carbocycles. The highest BCUT2D eigenvalue weighted by Gasteiger charge is 2.10. The van der Waals surface area contributed by atoms with Gasteiger partial charge in [-0.05, 0) is 37.6 Å². The van der Waals surface area contributed by atoms with Crippen molar-refractivity contribution in [1.29, 1.82) is 0 Å². The summed E-state index contributed by atoms with van der Waals surface area (Å²) >= 11 is 0. The lowest BCUT2D eigenvalue weighted by Gasteiger charge is -2.05. The van der Waals surface area contributed by atoms with Gasteiger partial charge in [0.1, 0.15) is 11.4 Å². The molecule has 3 aromatic rings. The van der Waals surface area contributed by atoms with Crippen molar-refractivity contribution in [3.8, 4) is 17.0 Å². The molecule has 2 heterocycles. The minimum Gasteiger partial charge on any atom is -0.496 e. The van der Waals surface area contributed by atoms with Gasteiger partial charge in [-0.25, -0.2) is 4.68 Å². The van der Waals surface area contributed by atoms with Gasteiger partial charge in [0.2, 0.25) is 0 Å². The van der Waals surface area contributed by atoms with Crippen LogP contribution in [0.15, 0.2) is 36.5 Å². The normalized spacial score (nSPS) is 10.7. The van der Waals surface area contributed by atoms with Crippen molar-refractivity contribution >= 4 is 0 Å². The lowest BCUT2D eigenvalue weighted by Crippen LogP contribution is -2.05. The number of hydrogen-bond acceptors (Lipinski definition) is 5. The highest BCUT2D eigenvalue weighted by Crippen LogP contribution is 2.27. The molecule has 0 radical (unpaired) electrons. The predicted octanol–water partition coefficient (Wildman–Crippen LogP) is 2.41. The molecule has 0 unspecified atom stereocenters.